The third kappa shape index (κ3) is 5.66. The number of benzene rings is 2. The van der Waals surface area contributed by atoms with Crippen LogP contribution >= 0.6 is 58.0 Å². The molecule has 7 heteroatoms. The standard InChI is InChI=1S/C14H10Cl2O.C2HCl3O/c15-13(17)14(16,11-7-3-1-4-8-11)12-9-5-2-6-10-12;3-1(4)2(5)6/h1-10H;1H. The van der Waals surface area contributed by atoms with Crippen LogP contribution in [0.2, 0.25) is 0 Å². The number of rotatable bonds is 4. The van der Waals surface area contributed by atoms with Crippen LogP contribution in [0.3, 0.4) is 0 Å². The van der Waals surface area contributed by atoms with Crippen LogP contribution in [0.15, 0.2) is 60.7 Å². The van der Waals surface area contributed by atoms with Gasteiger partial charge < -0.3 is 0 Å². The Balaban J connectivity index is 0.000000379. The Kier molecular flexibility index (Phi) is 8.38. The maximum atomic E-state index is 11.7. The summed E-state index contributed by atoms with van der Waals surface area (Å²) in [5.74, 6) is 0. The third-order valence-corrected chi connectivity index (χ3v) is 4.61. The summed E-state index contributed by atoms with van der Waals surface area (Å²) in [4.78, 5) is 19.0. The SMILES string of the molecule is O=C(Cl)C(Cl)(c1ccccc1)c1ccccc1.O=C(Cl)C(Cl)Cl. The highest BCUT2D eigenvalue weighted by molar-refractivity contribution is 6.75. The first-order valence-electron chi connectivity index (χ1n) is 6.27. The molecule has 122 valence electrons. The Hall–Kier alpha value is -0.770. The monoisotopic (exact) mass is 410 g/mol. The average molecular weight is 413 g/mol. The molecule has 0 radical (unpaired) electrons. The Morgan fingerprint density at radius 2 is 1.09 bits per heavy atom. The normalized spacial score (nSPS) is 10.7. The molecule has 0 saturated heterocycles. The number of hydrogen-bond donors (Lipinski definition) is 0. The molecule has 0 heterocycles. The molecule has 0 fully saturated rings. The summed E-state index contributed by atoms with van der Waals surface area (Å²) in [5.41, 5.74) is 1.35. The zero-order chi connectivity index (χ0) is 17.5. The number of alkyl halides is 3. The van der Waals surface area contributed by atoms with Crippen LogP contribution in [0.1, 0.15) is 11.1 Å². The van der Waals surface area contributed by atoms with Gasteiger partial charge in [0.05, 0.1) is 0 Å². The maximum Gasteiger partial charge on any atom is 0.254 e. The quantitative estimate of drug-likeness (QED) is 0.492. The Morgan fingerprint density at radius 3 is 1.30 bits per heavy atom. The minimum atomic E-state index is -1.32. The Labute approximate surface area is 159 Å². The van der Waals surface area contributed by atoms with Crippen LogP contribution in [0.25, 0.3) is 0 Å². The minimum Gasteiger partial charge on any atom is -0.278 e. The first-order chi connectivity index (χ1) is 10.8. The minimum absolute atomic E-state index is 0.600. The fraction of sp³-hybridized carbons (Fsp3) is 0.125. The van der Waals surface area contributed by atoms with E-state index in [9.17, 15) is 9.59 Å². The molecule has 2 aromatic carbocycles. The van der Waals surface area contributed by atoms with E-state index in [1.165, 1.54) is 0 Å². The van der Waals surface area contributed by atoms with Gasteiger partial charge in [0.25, 0.3) is 10.5 Å². The van der Waals surface area contributed by atoms with E-state index in [0.717, 1.165) is 0 Å². The van der Waals surface area contributed by atoms with E-state index in [2.05, 4.69) is 0 Å². The number of carbonyl (C=O) groups is 2. The van der Waals surface area contributed by atoms with E-state index in [0.29, 0.717) is 11.1 Å². The van der Waals surface area contributed by atoms with E-state index in [4.69, 9.17) is 58.0 Å². The highest BCUT2D eigenvalue weighted by Crippen LogP contribution is 2.38. The molecule has 2 rings (SSSR count). The van der Waals surface area contributed by atoms with Crippen molar-refractivity contribution in [2.75, 3.05) is 0 Å². The molecule has 0 N–H and O–H groups in total. The van der Waals surface area contributed by atoms with Crippen molar-refractivity contribution < 1.29 is 9.59 Å². The molecule has 0 amide bonds. The van der Waals surface area contributed by atoms with Crippen LogP contribution in [-0.2, 0) is 14.5 Å². The fourth-order valence-corrected chi connectivity index (χ4v) is 2.20. The van der Waals surface area contributed by atoms with Gasteiger partial charge in [0.15, 0.2) is 9.71 Å². The molecule has 0 spiro atoms. The van der Waals surface area contributed by atoms with Crippen molar-refractivity contribution in [3.8, 4) is 0 Å². The van der Waals surface area contributed by atoms with Gasteiger partial charge in [-0.05, 0) is 34.3 Å². The molecule has 0 aliphatic heterocycles. The van der Waals surface area contributed by atoms with Crippen molar-refractivity contribution in [3.63, 3.8) is 0 Å². The lowest BCUT2D eigenvalue weighted by atomic mass is 9.91. The largest absolute Gasteiger partial charge is 0.278 e. The number of carbonyl (C=O) groups excluding carboxylic acids is 2. The molecule has 2 aromatic rings. The van der Waals surface area contributed by atoms with Gasteiger partial charge in [0.2, 0.25) is 0 Å². The van der Waals surface area contributed by atoms with Gasteiger partial charge in [-0.1, -0.05) is 95.5 Å². The molecule has 0 aliphatic rings. The van der Waals surface area contributed by atoms with Crippen molar-refractivity contribution in [2.45, 2.75) is 9.71 Å². The lowest BCUT2D eigenvalue weighted by Crippen LogP contribution is -2.27. The number of halogens is 5. The molecular weight excluding hydrogens is 401 g/mol. The summed E-state index contributed by atoms with van der Waals surface area (Å²) in [7, 11) is 0. The summed E-state index contributed by atoms with van der Waals surface area (Å²) < 4.78 is 0. The molecule has 0 saturated carbocycles. The molecule has 0 aromatic heterocycles. The molecular formula is C16H11Cl5O2. The molecule has 0 bridgehead atoms. The first-order valence-corrected chi connectivity index (χ1v) is 8.28. The second-order valence-electron chi connectivity index (χ2n) is 4.27. The summed E-state index contributed by atoms with van der Waals surface area (Å²) in [5, 5.41) is -1.34. The topological polar surface area (TPSA) is 34.1 Å². The van der Waals surface area contributed by atoms with Gasteiger partial charge in [-0.3, -0.25) is 9.59 Å². The average Bonchev–Trinajstić information content (AvgIpc) is 2.56. The maximum absolute atomic E-state index is 11.7. The third-order valence-electron chi connectivity index (χ3n) is 2.79. The van der Waals surface area contributed by atoms with Gasteiger partial charge in [-0.2, -0.15) is 0 Å². The predicted octanol–water partition coefficient (Wildman–Crippen LogP) is 5.49. The van der Waals surface area contributed by atoms with Gasteiger partial charge in [-0.15, -0.1) is 0 Å². The zero-order valence-electron chi connectivity index (χ0n) is 11.6. The van der Waals surface area contributed by atoms with Crippen LogP contribution in [0.5, 0.6) is 0 Å². The zero-order valence-corrected chi connectivity index (χ0v) is 15.3. The van der Waals surface area contributed by atoms with Crippen molar-refractivity contribution in [1.29, 1.82) is 0 Å². The van der Waals surface area contributed by atoms with Gasteiger partial charge in [0.1, 0.15) is 0 Å². The molecule has 0 aliphatic carbocycles. The van der Waals surface area contributed by atoms with Crippen molar-refractivity contribution in [3.05, 3.63) is 71.8 Å². The second-order valence-corrected chi connectivity index (χ2v) is 6.65. The number of hydrogen-bond acceptors (Lipinski definition) is 2. The lowest BCUT2D eigenvalue weighted by Gasteiger charge is -2.23. The summed E-state index contributed by atoms with van der Waals surface area (Å²) in [6, 6.07) is 18.2. The van der Waals surface area contributed by atoms with Crippen molar-refractivity contribution in [1.82, 2.24) is 0 Å². The van der Waals surface area contributed by atoms with E-state index >= 15 is 0 Å². The van der Waals surface area contributed by atoms with Crippen LogP contribution in [-0.4, -0.2) is 15.3 Å². The van der Waals surface area contributed by atoms with Gasteiger partial charge in [-0.25, -0.2) is 0 Å². The summed E-state index contributed by atoms with van der Waals surface area (Å²) in [6.45, 7) is 0. The molecule has 0 unspecified atom stereocenters. The fourth-order valence-electron chi connectivity index (χ4n) is 1.73. The predicted molar refractivity (Wildman–Crippen MR) is 96.7 cm³/mol. The first kappa shape index (κ1) is 20.3. The van der Waals surface area contributed by atoms with Crippen LogP contribution in [0, 0.1) is 0 Å². The highest BCUT2D eigenvalue weighted by Gasteiger charge is 2.38. The van der Waals surface area contributed by atoms with Crippen LogP contribution < -0.4 is 0 Å². The Morgan fingerprint density at radius 1 is 0.783 bits per heavy atom. The summed E-state index contributed by atoms with van der Waals surface area (Å²) in [6.07, 6.45) is 0. The van der Waals surface area contributed by atoms with Crippen molar-refractivity contribution >= 4 is 68.5 Å². The van der Waals surface area contributed by atoms with Gasteiger partial charge >= 0.3 is 0 Å². The van der Waals surface area contributed by atoms with E-state index in [1.807, 2.05) is 36.4 Å². The summed E-state index contributed by atoms with van der Waals surface area (Å²) >= 11 is 26.6. The lowest BCUT2D eigenvalue weighted by molar-refractivity contribution is -0.113. The molecule has 23 heavy (non-hydrogen) atoms. The second kappa shape index (κ2) is 9.51. The van der Waals surface area contributed by atoms with Crippen LogP contribution in [0.4, 0.5) is 0 Å². The molecule has 2 nitrogen and oxygen atoms in total. The Bertz CT molecular complexity index is 605. The van der Waals surface area contributed by atoms with E-state index in [-0.39, 0.29) is 0 Å². The van der Waals surface area contributed by atoms with E-state index < -0.39 is 20.2 Å². The smallest absolute Gasteiger partial charge is 0.254 e. The van der Waals surface area contributed by atoms with E-state index in [1.54, 1.807) is 24.3 Å². The van der Waals surface area contributed by atoms with Crippen molar-refractivity contribution in [2.24, 2.45) is 0 Å². The molecule has 0 atom stereocenters. The highest BCUT2D eigenvalue weighted by atomic mass is 35.5. The van der Waals surface area contributed by atoms with Gasteiger partial charge in [0, 0.05) is 0 Å².